The van der Waals surface area contributed by atoms with Gasteiger partial charge in [-0.3, -0.25) is 4.90 Å². The van der Waals surface area contributed by atoms with Gasteiger partial charge in [-0.15, -0.1) is 0 Å². The van der Waals surface area contributed by atoms with E-state index in [-0.39, 0.29) is 12.1 Å². The van der Waals surface area contributed by atoms with Crippen molar-refractivity contribution in [2.45, 2.75) is 37.3 Å². The van der Waals surface area contributed by atoms with Gasteiger partial charge in [0.1, 0.15) is 0 Å². The van der Waals surface area contributed by atoms with Gasteiger partial charge in [-0.2, -0.15) is 0 Å². The van der Waals surface area contributed by atoms with Gasteiger partial charge in [0.05, 0.1) is 12.1 Å². The Hall–Kier alpha value is -0.160. The molecule has 17 heavy (non-hydrogen) atoms. The van der Waals surface area contributed by atoms with Gasteiger partial charge in [-0.05, 0) is 39.9 Å². The predicted molar refractivity (Wildman–Crippen MR) is 70.2 cm³/mol. The average Bonchev–Trinajstić information content (AvgIpc) is 2.69. The molecule has 0 radical (unpaired) electrons. The largest absolute Gasteiger partial charge is 0.394 e. The summed E-state index contributed by atoms with van der Waals surface area (Å²) < 4.78 is 0. The van der Waals surface area contributed by atoms with Gasteiger partial charge in [0.2, 0.25) is 0 Å². The lowest BCUT2D eigenvalue weighted by Gasteiger charge is -2.40. The van der Waals surface area contributed by atoms with Crippen LogP contribution in [0.2, 0.25) is 0 Å². The third-order valence-electron chi connectivity index (χ3n) is 4.41. The first-order valence-corrected chi connectivity index (χ1v) is 6.93. The molecule has 0 aromatic carbocycles. The van der Waals surface area contributed by atoms with Crippen molar-refractivity contribution in [1.82, 2.24) is 15.1 Å². The van der Waals surface area contributed by atoms with Gasteiger partial charge < -0.3 is 15.3 Å². The molecule has 4 heteroatoms. The minimum absolute atomic E-state index is 0.0313. The molecule has 0 spiro atoms. The number of likely N-dealkylation sites (N-methyl/N-ethyl adjacent to an activating group) is 1. The number of nitrogens with one attached hydrogen (secondary N) is 1. The molecular weight excluding hydrogens is 214 g/mol. The zero-order chi connectivity index (χ0) is 12.3. The highest BCUT2D eigenvalue weighted by Gasteiger charge is 2.46. The first-order chi connectivity index (χ1) is 8.18. The number of rotatable bonds is 5. The van der Waals surface area contributed by atoms with Crippen LogP contribution in [0, 0.1) is 0 Å². The molecule has 2 saturated heterocycles. The lowest BCUT2D eigenvalue weighted by Crippen LogP contribution is -2.59. The Kier molecular flexibility index (Phi) is 4.42. The van der Waals surface area contributed by atoms with Crippen LogP contribution in [0.3, 0.4) is 0 Å². The fraction of sp³-hybridized carbons (Fsp3) is 1.00. The monoisotopic (exact) mass is 241 g/mol. The first kappa shape index (κ1) is 13.3. The highest BCUT2D eigenvalue weighted by Crippen LogP contribution is 2.34. The smallest absolute Gasteiger partial charge is 0.0629 e. The van der Waals surface area contributed by atoms with Crippen LogP contribution in [0.25, 0.3) is 0 Å². The normalized spacial score (nSPS) is 34.2. The van der Waals surface area contributed by atoms with Crippen LogP contribution in [0.5, 0.6) is 0 Å². The summed E-state index contributed by atoms with van der Waals surface area (Å²) in [5.41, 5.74) is -0.0313. The predicted octanol–water partition coefficient (Wildman–Crippen LogP) is 0.127. The van der Waals surface area contributed by atoms with Crippen molar-refractivity contribution < 1.29 is 5.11 Å². The molecule has 2 atom stereocenters. The topological polar surface area (TPSA) is 38.7 Å². The number of aliphatic hydroxyl groups is 1. The Morgan fingerprint density at radius 1 is 1.35 bits per heavy atom. The fourth-order valence-corrected chi connectivity index (χ4v) is 3.37. The molecule has 0 amide bonds. The summed E-state index contributed by atoms with van der Waals surface area (Å²) in [5.74, 6) is 0. The van der Waals surface area contributed by atoms with Crippen LogP contribution >= 0.6 is 0 Å². The minimum Gasteiger partial charge on any atom is -0.394 e. The quantitative estimate of drug-likeness (QED) is 0.717. The molecule has 4 nitrogen and oxygen atoms in total. The molecule has 2 fully saturated rings. The summed E-state index contributed by atoms with van der Waals surface area (Å²) >= 11 is 0. The molecule has 2 rings (SSSR count). The van der Waals surface area contributed by atoms with E-state index < -0.39 is 0 Å². The van der Waals surface area contributed by atoms with Crippen molar-refractivity contribution in [2.75, 3.05) is 46.9 Å². The van der Waals surface area contributed by atoms with Gasteiger partial charge in [-0.25, -0.2) is 0 Å². The van der Waals surface area contributed by atoms with Crippen LogP contribution in [0.15, 0.2) is 0 Å². The van der Waals surface area contributed by atoms with Crippen LogP contribution in [-0.4, -0.2) is 73.4 Å². The van der Waals surface area contributed by atoms with E-state index in [1.54, 1.807) is 0 Å². The zero-order valence-electron chi connectivity index (χ0n) is 11.3. The molecular formula is C13H27N3O. The van der Waals surface area contributed by atoms with E-state index in [1.165, 1.54) is 25.8 Å². The molecule has 0 saturated carbocycles. The van der Waals surface area contributed by atoms with Crippen molar-refractivity contribution in [1.29, 1.82) is 0 Å². The number of piperidine rings is 1. The Labute approximate surface area is 105 Å². The summed E-state index contributed by atoms with van der Waals surface area (Å²) in [4.78, 5) is 4.76. The Bertz CT molecular complexity index is 247. The molecule has 2 N–H and O–H groups in total. The highest BCUT2D eigenvalue weighted by molar-refractivity contribution is 5.06. The van der Waals surface area contributed by atoms with Crippen LogP contribution < -0.4 is 5.32 Å². The number of fused-ring (bicyclic) bond motifs is 1. The van der Waals surface area contributed by atoms with Crippen molar-refractivity contribution >= 4 is 0 Å². The second kappa shape index (κ2) is 5.65. The molecule has 0 aliphatic carbocycles. The van der Waals surface area contributed by atoms with Crippen molar-refractivity contribution in [3.05, 3.63) is 0 Å². The zero-order valence-corrected chi connectivity index (χ0v) is 11.3. The Balaban J connectivity index is 1.94. The average molecular weight is 241 g/mol. The van der Waals surface area contributed by atoms with E-state index in [2.05, 4.69) is 29.2 Å². The first-order valence-electron chi connectivity index (χ1n) is 6.93. The molecule has 2 unspecified atom stereocenters. The third-order valence-corrected chi connectivity index (χ3v) is 4.41. The second-order valence-corrected chi connectivity index (χ2v) is 5.84. The molecule has 2 heterocycles. The van der Waals surface area contributed by atoms with E-state index in [0.717, 1.165) is 26.1 Å². The van der Waals surface area contributed by atoms with Gasteiger partial charge in [-0.1, -0.05) is 6.42 Å². The maximum absolute atomic E-state index is 9.82. The molecule has 0 aromatic rings. The Morgan fingerprint density at radius 2 is 2.18 bits per heavy atom. The number of nitrogens with zero attached hydrogens (tertiary/aromatic N) is 2. The maximum Gasteiger partial charge on any atom is 0.0629 e. The molecule has 2 aliphatic rings. The SMILES string of the molecule is CN(C)CCNC1(CO)CCN2CCCCC21. The molecule has 100 valence electrons. The number of aliphatic hydroxyl groups excluding tert-OH is 1. The van der Waals surface area contributed by atoms with Gasteiger partial charge >= 0.3 is 0 Å². The van der Waals surface area contributed by atoms with Gasteiger partial charge in [0.15, 0.2) is 0 Å². The van der Waals surface area contributed by atoms with Gasteiger partial charge in [0.25, 0.3) is 0 Å². The van der Waals surface area contributed by atoms with E-state index in [1.807, 2.05) is 0 Å². The number of hydrogen-bond donors (Lipinski definition) is 2. The van der Waals surface area contributed by atoms with E-state index >= 15 is 0 Å². The lowest BCUT2D eigenvalue weighted by atomic mass is 9.86. The van der Waals surface area contributed by atoms with Crippen molar-refractivity contribution in [3.63, 3.8) is 0 Å². The van der Waals surface area contributed by atoms with E-state index in [0.29, 0.717) is 6.04 Å². The minimum atomic E-state index is -0.0313. The standard InChI is InChI=1S/C13H27N3O/c1-15(2)10-7-14-13(11-17)6-9-16-8-4-3-5-12(13)16/h12,14,17H,3-11H2,1-2H3. The summed E-state index contributed by atoms with van der Waals surface area (Å²) in [6.07, 6.45) is 4.99. The summed E-state index contributed by atoms with van der Waals surface area (Å²) in [6.45, 7) is 4.66. The van der Waals surface area contributed by atoms with Crippen LogP contribution in [0.4, 0.5) is 0 Å². The van der Waals surface area contributed by atoms with Crippen LogP contribution in [-0.2, 0) is 0 Å². The second-order valence-electron chi connectivity index (χ2n) is 5.84. The third kappa shape index (κ3) is 2.81. The molecule has 2 aliphatic heterocycles. The number of hydrogen-bond acceptors (Lipinski definition) is 4. The summed E-state index contributed by atoms with van der Waals surface area (Å²) in [5, 5.41) is 13.5. The maximum atomic E-state index is 9.82. The summed E-state index contributed by atoms with van der Waals surface area (Å²) in [7, 11) is 4.18. The van der Waals surface area contributed by atoms with E-state index in [4.69, 9.17) is 0 Å². The van der Waals surface area contributed by atoms with Gasteiger partial charge in [0, 0.05) is 25.7 Å². The summed E-state index contributed by atoms with van der Waals surface area (Å²) in [6, 6.07) is 0.559. The fourth-order valence-electron chi connectivity index (χ4n) is 3.37. The van der Waals surface area contributed by atoms with Crippen molar-refractivity contribution in [2.24, 2.45) is 0 Å². The highest BCUT2D eigenvalue weighted by atomic mass is 16.3. The van der Waals surface area contributed by atoms with Crippen molar-refractivity contribution in [3.8, 4) is 0 Å². The molecule has 0 bridgehead atoms. The van der Waals surface area contributed by atoms with Crippen LogP contribution in [0.1, 0.15) is 25.7 Å². The molecule has 0 aromatic heterocycles. The lowest BCUT2D eigenvalue weighted by molar-refractivity contribution is 0.0863. The van der Waals surface area contributed by atoms with E-state index in [9.17, 15) is 5.11 Å². The Morgan fingerprint density at radius 3 is 2.88 bits per heavy atom.